The number of hydrogen-bond donors (Lipinski definition) is 0. The van der Waals surface area contributed by atoms with Gasteiger partial charge in [-0.3, -0.25) is 9.69 Å². The molecule has 2 rings (SSSR count). The highest BCUT2D eigenvalue weighted by molar-refractivity contribution is 8.00. The van der Waals surface area contributed by atoms with Gasteiger partial charge in [0.25, 0.3) is 0 Å². The van der Waals surface area contributed by atoms with Gasteiger partial charge in [-0.2, -0.15) is 11.8 Å². The minimum Gasteiger partial charge on any atom is -0.357 e. The Hall–Kier alpha value is -0.740. The van der Waals surface area contributed by atoms with Crippen LogP contribution >= 0.6 is 11.8 Å². The van der Waals surface area contributed by atoms with Gasteiger partial charge in [-0.1, -0.05) is 6.92 Å². The molecule has 94 valence electrons. The lowest BCUT2D eigenvalue weighted by atomic mass is 10.1. The van der Waals surface area contributed by atoms with Crippen molar-refractivity contribution in [3.05, 3.63) is 24.0 Å². The van der Waals surface area contributed by atoms with E-state index < -0.39 is 0 Å². The maximum Gasteiger partial charge on any atom is 0.178 e. The molecule has 0 spiro atoms. The molecule has 1 aliphatic rings. The second kappa shape index (κ2) is 5.27. The Morgan fingerprint density at radius 2 is 2.29 bits per heavy atom. The highest BCUT2D eigenvalue weighted by Gasteiger charge is 2.26. The van der Waals surface area contributed by atoms with Crippen LogP contribution < -0.4 is 0 Å². The van der Waals surface area contributed by atoms with E-state index in [0.29, 0.717) is 17.8 Å². The number of thioether (sulfide) groups is 1. The van der Waals surface area contributed by atoms with Crippen molar-refractivity contribution < 1.29 is 4.79 Å². The van der Waals surface area contributed by atoms with Crippen molar-refractivity contribution in [2.45, 2.75) is 25.1 Å². The Bertz CT molecular complexity index is 402. The average Bonchev–Trinajstić information content (AvgIpc) is 2.72. The van der Waals surface area contributed by atoms with E-state index in [1.807, 2.05) is 41.8 Å². The summed E-state index contributed by atoms with van der Waals surface area (Å²) in [5.41, 5.74) is 0.825. The van der Waals surface area contributed by atoms with Gasteiger partial charge in [0.05, 0.1) is 6.54 Å². The smallest absolute Gasteiger partial charge is 0.178 e. The minimum absolute atomic E-state index is 0.233. The van der Waals surface area contributed by atoms with Crippen molar-refractivity contribution in [2.24, 2.45) is 7.05 Å². The zero-order valence-electron chi connectivity index (χ0n) is 10.7. The van der Waals surface area contributed by atoms with Crippen LogP contribution in [0.2, 0.25) is 0 Å². The van der Waals surface area contributed by atoms with Gasteiger partial charge in [0, 0.05) is 48.6 Å². The fraction of sp³-hybridized carbons (Fsp3) is 0.615. The molecule has 3 nitrogen and oxygen atoms in total. The zero-order valence-corrected chi connectivity index (χ0v) is 11.5. The summed E-state index contributed by atoms with van der Waals surface area (Å²) in [5, 5.41) is 0.618. The monoisotopic (exact) mass is 252 g/mol. The van der Waals surface area contributed by atoms with E-state index in [1.54, 1.807) is 0 Å². The number of Topliss-reactive ketones (excluding diaryl/α,β-unsaturated/α-hetero) is 1. The molecule has 2 unspecified atom stereocenters. The Labute approximate surface area is 107 Å². The number of aryl methyl sites for hydroxylation is 1. The Kier molecular flexibility index (Phi) is 3.94. The van der Waals surface area contributed by atoms with Crippen molar-refractivity contribution in [3.63, 3.8) is 0 Å². The third kappa shape index (κ3) is 2.93. The molecule has 0 radical (unpaired) electrons. The fourth-order valence-electron chi connectivity index (χ4n) is 2.16. The number of carbonyl (C=O) groups is 1. The van der Waals surface area contributed by atoms with Crippen LogP contribution in [-0.2, 0) is 7.05 Å². The summed E-state index contributed by atoms with van der Waals surface area (Å²) in [6.45, 7) is 6.04. The van der Waals surface area contributed by atoms with Gasteiger partial charge < -0.3 is 4.57 Å². The first-order valence-corrected chi connectivity index (χ1v) is 7.13. The Morgan fingerprint density at radius 3 is 2.94 bits per heavy atom. The number of carbonyl (C=O) groups excluding carboxylic acids is 1. The van der Waals surface area contributed by atoms with Gasteiger partial charge in [-0.05, 0) is 13.0 Å². The van der Waals surface area contributed by atoms with Gasteiger partial charge in [0.2, 0.25) is 0 Å². The largest absolute Gasteiger partial charge is 0.357 e. The predicted octanol–water partition coefficient (Wildman–Crippen LogP) is 2.03. The maximum atomic E-state index is 12.1. The molecule has 1 aromatic rings. The number of rotatable bonds is 3. The molecule has 1 saturated heterocycles. The molecule has 0 aliphatic carbocycles. The molecule has 17 heavy (non-hydrogen) atoms. The van der Waals surface area contributed by atoms with E-state index in [0.717, 1.165) is 17.9 Å². The normalized spacial score (nSPS) is 26.1. The first-order valence-electron chi connectivity index (χ1n) is 6.09. The van der Waals surface area contributed by atoms with Crippen LogP contribution in [0.4, 0.5) is 0 Å². The third-order valence-corrected chi connectivity index (χ3v) is 4.85. The summed E-state index contributed by atoms with van der Waals surface area (Å²) in [5.74, 6) is 1.37. The van der Waals surface area contributed by atoms with E-state index in [-0.39, 0.29) is 5.78 Å². The fourth-order valence-corrected chi connectivity index (χ4v) is 3.33. The van der Waals surface area contributed by atoms with E-state index in [9.17, 15) is 4.79 Å². The highest BCUT2D eigenvalue weighted by Crippen LogP contribution is 2.24. The van der Waals surface area contributed by atoms with Crippen LogP contribution in [0, 0.1) is 0 Å². The van der Waals surface area contributed by atoms with Gasteiger partial charge in [0.15, 0.2) is 5.78 Å². The summed E-state index contributed by atoms with van der Waals surface area (Å²) in [6, 6.07) is 2.39. The summed E-state index contributed by atoms with van der Waals surface area (Å²) in [7, 11) is 1.94. The quantitative estimate of drug-likeness (QED) is 0.770. The van der Waals surface area contributed by atoms with Crippen LogP contribution in [0.5, 0.6) is 0 Å². The molecular weight excluding hydrogens is 232 g/mol. The van der Waals surface area contributed by atoms with Crippen LogP contribution in [-0.4, -0.2) is 45.4 Å². The summed E-state index contributed by atoms with van der Waals surface area (Å²) >= 11 is 2.00. The molecule has 0 amide bonds. The summed E-state index contributed by atoms with van der Waals surface area (Å²) in [6.07, 6.45) is 3.82. The number of hydrogen-bond acceptors (Lipinski definition) is 3. The number of nitrogens with zero attached hydrogens (tertiary/aromatic N) is 2. The molecule has 1 fully saturated rings. The summed E-state index contributed by atoms with van der Waals surface area (Å²) in [4.78, 5) is 14.4. The van der Waals surface area contributed by atoms with E-state index in [1.165, 1.54) is 0 Å². The molecule has 0 aromatic carbocycles. The third-order valence-electron chi connectivity index (χ3n) is 3.52. The van der Waals surface area contributed by atoms with Crippen LogP contribution in [0.15, 0.2) is 18.5 Å². The second-order valence-corrected chi connectivity index (χ2v) is 6.26. The Morgan fingerprint density at radius 1 is 1.53 bits per heavy atom. The van der Waals surface area contributed by atoms with E-state index in [4.69, 9.17) is 0 Å². The SMILES string of the molecule is CC1SCCN(CC(=O)c2ccn(C)c2)C1C. The molecule has 2 heterocycles. The standard InChI is InChI=1S/C13H20N2OS/c1-10-11(2)17-7-6-15(10)9-13(16)12-4-5-14(3)8-12/h4-5,8,10-11H,6-7,9H2,1-3H3. The van der Waals surface area contributed by atoms with Crippen LogP contribution in [0.1, 0.15) is 24.2 Å². The summed E-state index contributed by atoms with van der Waals surface area (Å²) < 4.78 is 1.92. The van der Waals surface area contributed by atoms with E-state index >= 15 is 0 Å². The number of aromatic nitrogens is 1. The average molecular weight is 252 g/mol. The molecular formula is C13H20N2OS. The molecule has 1 aromatic heterocycles. The van der Waals surface area contributed by atoms with Gasteiger partial charge in [-0.15, -0.1) is 0 Å². The van der Waals surface area contributed by atoms with Gasteiger partial charge >= 0.3 is 0 Å². The maximum absolute atomic E-state index is 12.1. The van der Waals surface area contributed by atoms with Crippen molar-refractivity contribution in [1.29, 1.82) is 0 Å². The lowest BCUT2D eigenvalue weighted by Gasteiger charge is -2.36. The van der Waals surface area contributed by atoms with Crippen molar-refractivity contribution >= 4 is 17.5 Å². The molecule has 0 N–H and O–H groups in total. The molecule has 2 atom stereocenters. The van der Waals surface area contributed by atoms with Crippen molar-refractivity contribution in [3.8, 4) is 0 Å². The topological polar surface area (TPSA) is 25.2 Å². The van der Waals surface area contributed by atoms with Gasteiger partial charge in [-0.25, -0.2) is 0 Å². The van der Waals surface area contributed by atoms with Gasteiger partial charge in [0.1, 0.15) is 0 Å². The number of ketones is 1. The molecule has 1 aliphatic heterocycles. The Balaban J connectivity index is 1.98. The van der Waals surface area contributed by atoms with Crippen LogP contribution in [0.3, 0.4) is 0 Å². The minimum atomic E-state index is 0.233. The first-order chi connectivity index (χ1) is 8.08. The van der Waals surface area contributed by atoms with Crippen LogP contribution in [0.25, 0.3) is 0 Å². The van der Waals surface area contributed by atoms with Crippen molar-refractivity contribution in [2.75, 3.05) is 18.8 Å². The molecule has 0 bridgehead atoms. The molecule has 4 heteroatoms. The van der Waals surface area contributed by atoms with E-state index in [2.05, 4.69) is 18.7 Å². The lowest BCUT2D eigenvalue weighted by molar-refractivity contribution is 0.0902. The lowest BCUT2D eigenvalue weighted by Crippen LogP contribution is -2.46. The highest BCUT2D eigenvalue weighted by atomic mass is 32.2. The predicted molar refractivity (Wildman–Crippen MR) is 72.7 cm³/mol. The second-order valence-electron chi connectivity index (χ2n) is 4.78. The molecule has 0 saturated carbocycles. The first kappa shape index (κ1) is 12.7. The van der Waals surface area contributed by atoms with Crippen molar-refractivity contribution in [1.82, 2.24) is 9.47 Å². The zero-order chi connectivity index (χ0) is 12.4.